The second kappa shape index (κ2) is 7.89. The van der Waals surface area contributed by atoms with Gasteiger partial charge in [0.05, 0.1) is 10.5 Å². The Morgan fingerprint density at radius 1 is 1.24 bits per heavy atom. The Bertz CT molecular complexity index is 891. The van der Waals surface area contributed by atoms with E-state index in [-0.39, 0.29) is 22.8 Å². The van der Waals surface area contributed by atoms with Crippen molar-refractivity contribution in [2.45, 2.75) is 18.1 Å². The maximum absolute atomic E-state index is 12.3. The molecule has 0 radical (unpaired) electrons. The molecule has 6 nitrogen and oxygen atoms in total. The van der Waals surface area contributed by atoms with Gasteiger partial charge in [-0.2, -0.15) is 8.78 Å². The standard InChI is InChI=1S/C15H13BrF2N2O4S/c16-13-5-4-11(25(19,22)23)7-12(13)14(21)20-8-9-2-1-3-10(6-9)24-15(17)18/h1-7,15H,8H2,(H,20,21)(H2,19,22,23). The topological polar surface area (TPSA) is 98.5 Å². The van der Waals surface area contributed by atoms with Crippen LogP contribution in [0.5, 0.6) is 5.75 Å². The van der Waals surface area contributed by atoms with Crippen LogP contribution in [0.2, 0.25) is 0 Å². The van der Waals surface area contributed by atoms with Crippen molar-refractivity contribution in [3.8, 4) is 5.75 Å². The summed E-state index contributed by atoms with van der Waals surface area (Å²) in [4.78, 5) is 12.1. The Labute approximate surface area is 151 Å². The predicted octanol–water partition coefficient (Wildman–Crippen LogP) is 2.63. The third kappa shape index (κ3) is 5.48. The first-order valence-corrected chi connectivity index (χ1v) is 9.15. The Kier molecular flexibility index (Phi) is 6.09. The lowest BCUT2D eigenvalue weighted by molar-refractivity contribution is -0.0498. The number of nitrogens with two attached hydrogens (primary N) is 1. The highest BCUT2D eigenvalue weighted by atomic mass is 79.9. The number of carbonyl (C=O) groups is 1. The van der Waals surface area contributed by atoms with Gasteiger partial charge < -0.3 is 10.1 Å². The molecule has 0 aromatic heterocycles. The van der Waals surface area contributed by atoms with Gasteiger partial charge in [0.15, 0.2) is 0 Å². The molecule has 10 heteroatoms. The smallest absolute Gasteiger partial charge is 0.387 e. The van der Waals surface area contributed by atoms with Crippen LogP contribution in [-0.2, 0) is 16.6 Å². The number of amides is 1. The van der Waals surface area contributed by atoms with E-state index in [0.717, 1.165) is 6.07 Å². The molecule has 0 saturated carbocycles. The van der Waals surface area contributed by atoms with Crippen molar-refractivity contribution in [3.63, 3.8) is 0 Å². The highest BCUT2D eigenvalue weighted by Gasteiger charge is 2.15. The Balaban J connectivity index is 2.13. The summed E-state index contributed by atoms with van der Waals surface area (Å²) in [5, 5.41) is 7.61. The summed E-state index contributed by atoms with van der Waals surface area (Å²) >= 11 is 3.16. The van der Waals surface area contributed by atoms with Gasteiger partial charge in [-0.3, -0.25) is 4.79 Å². The summed E-state index contributed by atoms with van der Waals surface area (Å²) in [6, 6.07) is 9.66. The summed E-state index contributed by atoms with van der Waals surface area (Å²) in [5.74, 6) is -0.586. The average molecular weight is 435 g/mol. The fraction of sp³-hybridized carbons (Fsp3) is 0.133. The van der Waals surface area contributed by atoms with Gasteiger partial charge in [-0.25, -0.2) is 13.6 Å². The predicted molar refractivity (Wildman–Crippen MR) is 89.8 cm³/mol. The van der Waals surface area contributed by atoms with E-state index in [9.17, 15) is 22.0 Å². The molecular formula is C15H13BrF2N2O4S. The normalized spacial score (nSPS) is 11.4. The number of rotatable bonds is 6. The van der Waals surface area contributed by atoms with Crippen LogP contribution >= 0.6 is 15.9 Å². The highest BCUT2D eigenvalue weighted by molar-refractivity contribution is 9.10. The SMILES string of the molecule is NS(=O)(=O)c1ccc(Br)c(C(=O)NCc2cccc(OC(F)F)c2)c1. The van der Waals surface area contributed by atoms with E-state index in [1.165, 1.54) is 30.3 Å². The second-order valence-electron chi connectivity index (χ2n) is 4.90. The lowest BCUT2D eigenvalue weighted by Crippen LogP contribution is -2.24. The zero-order valence-electron chi connectivity index (χ0n) is 12.6. The molecule has 2 aromatic rings. The van der Waals surface area contributed by atoms with E-state index in [4.69, 9.17) is 5.14 Å². The number of carbonyl (C=O) groups excluding carboxylic acids is 1. The molecule has 0 fully saturated rings. The van der Waals surface area contributed by atoms with Crippen LogP contribution in [-0.4, -0.2) is 20.9 Å². The molecule has 134 valence electrons. The van der Waals surface area contributed by atoms with Crippen LogP contribution in [0.3, 0.4) is 0 Å². The van der Waals surface area contributed by atoms with Gasteiger partial charge in [-0.05, 0) is 51.8 Å². The van der Waals surface area contributed by atoms with E-state index < -0.39 is 22.5 Å². The quantitative estimate of drug-likeness (QED) is 0.729. The zero-order chi connectivity index (χ0) is 18.6. The van der Waals surface area contributed by atoms with Gasteiger partial charge in [0.1, 0.15) is 5.75 Å². The minimum atomic E-state index is -3.95. The number of alkyl halides is 2. The largest absolute Gasteiger partial charge is 0.435 e. The summed E-state index contributed by atoms with van der Waals surface area (Å²) in [6.07, 6.45) is 0. The molecule has 2 rings (SSSR count). The van der Waals surface area contributed by atoms with Gasteiger partial charge in [0.25, 0.3) is 5.91 Å². The van der Waals surface area contributed by atoms with E-state index in [1.807, 2.05) is 0 Å². The molecule has 1 amide bonds. The summed E-state index contributed by atoms with van der Waals surface area (Å²) in [5.41, 5.74) is 0.608. The molecule has 0 aliphatic rings. The first kappa shape index (κ1) is 19.3. The van der Waals surface area contributed by atoms with Crippen molar-refractivity contribution in [2.75, 3.05) is 0 Å². The molecule has 0 aliphatic carbocycles. The molecule has 0 heterocycles. The van der Waals surface area contributed by atoms with Crippen LogP contribution < -0.4 is 15.2 Å². The molecule has 0 spiro atoms. The van der Waals surface area contributed by atoms with Crippen molar-refractivity contribution in [1.29, 1.82) is 0 Å². The van der Waals surface area contributed by atoms with Gasteiger partial charge in [0, 0.05) is 11.0 Å². The van der Waals surface area contributed by atoms with Gasteiger partial charge in [0.2, 0.25) is 10.0 Å². The van der Waals surface area contributed by atoms with Gasteiger partial charge in [-0.1, -0.05) is 12.1 Å². The minimum absolute atomic E-state index is 0.0286. The Morgan fingerprint density at radius 3 is 2.60 bits per heavy atom. The number of halogens is 3. The molecule has 25 heavy (non-hydrogen) atoms. The van der Waals surface area contributed by atoms with Crippen molar-refractivity contribution >= 4 is 31.9 Å². The summed E-state index contributed by atoms with van der Waals surface area (Å²) < 4.78 is 51.8. The first-order valence-electron chi connectivity index (χ1n) is 6.81. The van der Waals surface area contributed by atoms with Crippen LogP contribution in [0.15, 0.2) is 51.8 Å². The van der Waals surface area contributed by atoms with Gasteiger partial charge >= 0.3 is 6.61 Å². The van der Waals surface area contributed by atoms with E-state index in [0.29, 0.717) is 10.0 Å². The number of benzene rings is 2. The summed E-state index contributed by atoms with van der Waals surface area (Å²) in [6.45, 7) is -2.91. The number of hydrogen-bond donors (Lipinski definition) is 2. The lowest BCUT2D eigenvalue weighted by Gasteiger charge is -2.10. The third-order valence-corrected chi connectivity index (χ3v) is 4.69. The molecule has 0 unspecified atom stereocenters. The first-order chi connectivity index (χ1) is 11.7. The van der Waals surface area contributed by atoms with Crippen LogP contribution in [0.25, 0.3) is 0 Å². The van der Waals surface area contributed by atoms with E-state index >= 15 is 0 Å². The number of sulfonamides is 1. The fourth-order valence-electron chi connectivity index (χ4n) is 1.96. The van der Waals surface area contributed by atoms with Crippen molar-refractivity contribution < 1.29 is 26.7 Å². The van der Waals surface area contributed by atoms with Crippen LogP contribution in [0.1, 0.15) is 15.9 Å². The monoisotopic (exact) mass is 434 g/mol. The Morgan fingerprint density at radius 2 is 1.96 bits per heavy atom. The van der Waals surface area contributed by atoms with Crippen molar-refractivity contribution in [2.24, 2.45) is 5.14 Å². The molecule has 0 aliphatic heterocycles. The zero-order valence-corrected chi connectivity index (χ0v) is 15.0. The molecule has 0 atom stereocenters. The second-order valence-corrected chi connectivity index (χ2v) is 7.31. The molecule has 0 bridgehead atoms. The number of primary sulfonamides is 1. The maximum atomic E-state index is 12.3. The average Bonchev–Trinajstić information content (AvgIpc) is 2.51. The maximum Gasteiger partial charge on any atom is 0.387 e. The van der Waals surface area contributed by atoms with E-state index in [1.54, 1.807) is 6.07 Å². The Hall–Kier alpha value is -2.04. The van der Waals surface area contributed by atoms with Crippen LogP contribution in [0.4, 0.5) is 8.78 Å². The number of hydrogen-bond acceptors (Lipinski definition) is 4. The molecule has 0 saturated heterocycles. The van der Waals surface area contributed by atoms with E-state index in [2.05, 4.69) is 26.0 Å². The third-order valence-electron chi connectivity index (χ3n) is 3.09. The number of ether oxygens (including phenoxy) is 1. The van der Waals surface area contributed by atoms with Crippen molar-refractivity contribution in [3.05, 3.63) is 58.1 Å². The number of nitrogens with one attached hydrogen (secondary N) is 1. The highest BCUT2D eigenvalue weighted by Crippen LogP contribution is 2.21. The molecule has 3 N–H and O–H groups in total. The van der Waals surface area contributed by atoms with Gasteiger partial charge in [-0.15, -0.1) is 0 Å². The molecule has 2 aromatic carbocycles. The van der Waals surface area contributed by atoms with Crippen LogP contribution in [0, 0.1) is 0 Å². The fourth-order valence-corrected chi connectivity index (χ4v) is 2.93. The summed E-state index contributed by atoms with van der Waals surface area (Å²) in [7, 11) is -3.95. The molecular weight excluding hydrogens is 422 g/mol. The van der Waals surface area contributed by atoms with Crippen molar-refractivity contribution in [1.82, 2.24) is 5.32 Å². The lowest BCUT2D eigenvalue weighted by atomic mass is 10.2. The minimum Gasteiger partial charge on any atom is -0.435 e.